The highest BCUT2D eigenvalue weighted by Crippen LogP contribution is 2.33. The predicted octanol–water partition coefficient (Wildman–Crippen LogP) is 4.70. The standard InChI is InChI=1S/C20H25NO2S/c1-13(2)16-6-5-14(3)11-18(16)23-12-20(22)21-9-7-19-17(15(21)4)8-10-24-19/h5-6,8,10-11,13,15H,7,9,12H2,1-4H3/t15-/m0/s1. The summed E-state index contributed by atoms with van der Waals surface area (Å²) in [5.74, 6) is 1.27. The van der Waals surface area contributed by atoms with Gasteiger partial charge in [-0.1, -0.05) is 26.0 Å². The van der Waals surface area contributed by atoms with Crippen molar-refractivity contribution in [2.24, 2.45) is 0 Å². The molecule has 128 valence electrons. The van der Waals surface area contributed by atoms with E-state index in [-0.39, 0.29) is 18.6 Å². The molecule has 0 spiro atoms. The van der Waals surface area contributed by atoms with Gasteiger partial charge >= 0.3 is 0 Å². The third-order valence-corrected chi connectivity index (χ3v) is 5.74. The molecule has 1 aliphatic heterocycles. The van der Waals surface area contributed by atoms with Crippen LogP contribution in [-0.2, 0) is 11.2 Å². The van der Waals surface area contributed by atoms with Gasteiger partial charge in [0.2, 0.25) is 0 Å². The Morgan fingerprint density at radius 1 is 1.38 bits per heavy atom. The molecule has 0 aliphatic carbocycles. The summed E-state index contributed by atoms with van der Waals surface area (Å²) in [5.41, 5.74) is 3.59. The maximum absolute atomic E-state index is 12.7. The molecule has 1 atom stereocenters. The highest BCUT2D eigenvalue weighted by molar-refractivity contribution is 7.10. The van der Waals surface area contributed by atoms with Gasteiger partial charge in [0, 0.05) is 11.4 Å². The second kappa shape index (κ2) is 6.98. The van der Waals surface area contributed by atoms with E-state index in [4.69, 9.17) is 4.74 Å². The van der Waals surface area contributed by atoms with Gasteiger partial charge in [0.15, 0.2) is 6.61 Å². The molecular formula is C20H25NO2S. The molecule has 0 fully saturated rings. The molecule has 0 saturated carbocycles. The van der Waals surface area contributed by atoms with Gasteiger partial charge in [0.25, 0.3) is 5.91 Å². The van der Waals surface area contributed by atoms with Gasteiger partial charge in [0.05, 0.1) is 6.04 Å². The summed E-state index contributed by atoms with van der Waals surface area (Å²) in [6.45, 7) is 9.32. The topological polar surface area (TPSA) is 29.5 Å². The van der Waals surface area contributed by atoms with Gasteiger partial charge < -0.3 is 9.64 Å². The van der Waals surface area contributed by atoms with Crippen LogP contribution < -0.4 is 4.74 Å². The lowest BCUT2D eigenvalue weighted by Crippen LogP contribution is -2.40. The zero-order chi connectivity index (χ0) is 17.3. The minimum atomic E-state index is 0.0653. The number of hydrogen-bond acceptors (Lipinski definition) is 3. The number of benzene rings is 1. The zero-order valence-electron chi connectivity index (χ0n) is 14.8. The Balaban J connectivity index is 1.70. The summed E-state index contributed by atoms with van der Waals surface area (Å²) in [4.78, 5) is 16.0. The van der Waals surface area contributed by atoms with E-state index in [0.717, 1.165) is 29.8 Å². The first kappa shape index (κ1) is 17.0. The second-order valence-electron chi connectivity index (χ2n) is 6.80. The van der Waals surface area contributed by atoms with Crippen molar-refractivity contribution in [1.82, 2.24) is 4.90 Å². The lowest BCUT2D eigenvalue weighted by Gasteiger charge is -2.33. The average molecular weight is 343 g/mol. The molecule has 2 aromatic rings. The normalized spacial score (nSPS) is 17.0. The van der Waals surface area contributed by atoms with Gasteiger partial charge in [-0.2, -0.15) is 0 Å². The van der Waals surface area contributed by atoms with E-state index < -0.39 is 0 Å². The molecule has 3 nitrogen and oxygen atoms in total. The maximum atomic E-state index is 12.7. The van der Waals surface area contributed by atoms with Crippen molar-refractivity contribution in [3.05, 3.63) is 51.2 Å². The van der Waals surface area contributed by atoms with Crippen molar-refractivity contribution in [3.63, 3.8) is 0 Å². The molecule has 0 unspecified atom stereocenters. The maximum Gasteiger partial charge on any atom is 0.261 e. The van der Waals surface area contributed by atoms with E-state index in [2.05, 4.69) is 44.4 Å². The molecule has 1 aliphatic rings. The monoisotopic (exact) mass is 343 g/mol. The number of fused-ring (bicyclic) bond motifs is 1. The summed E-state index contributed by atoms with van der Waals surface area (Å²) >= 11 is 1.79. The average Bonchev–Trinajstić information content (AvgIpc) is 3.02. The van der Waals surface area contributed by atoms with Crippen LogP contribution in [0.3, 0.4) is 0 Å². The number of thiophene rings is 1. The van der Waals surface area contributed by atoms with E-state index in [0.29, 0.717) is 5.92 Å². The van der Waals surface area contributed by atoms with E-state index in [1.54, 1.807) is 11.3 Å². The number of carbonyl (C=O) groups is 1. The number of hydrogen-bond donors (Lipinski definition) is 0. The van der Waals surface area contributed by atoms with Gasteiger partial charge in [-0.05, 0) is 60.4 Å². The minimum Gasteiger partial charge on any atom is -0.483 e. The van der Waals surface area contributed by atoms with Crippen LogP contribution in [0, 0.1) is 6.92 Å². The number of ether oxygens (including phenoxy) is 1. The molecule has 1 amide bonds. The van der Waals surface area contributed by atoms with Crippen molar-refractivity contribution in [2.75, 3.05) is 13.2 Å². The third kappa shape index (κ3) is 3.34. The fourth-order valence-corrected chi connectivity index (χ4v) is 4.28. The molecule has 0 radical (unpaired) electrons. The quantitative estimate of drug-likeness (QED) is 0.805. The Bertz CT molecular complexity index is 735. The van der Waals surface area contributed by atoms with E-state index in [1.807, 2.05) is 17.9 Å². The highest BCUT2D eigenvalue weighted by Gasteiger charge is 2.28. The predicted molar refractivity (Wildman–Crippen MR) is 98.9 cm³/mol. The number of nitrogens with zero attached hydrogens (tertiary/aromatic N) is 1. The fourth-order valence-electron chi connectivity index (χ4n) is 3.32. The molecule has 4 heteroatoms. The van der Waals surface area contributed by atoms with Crippen molar-refractivity contribution >= 4 is 17.2 Å². The molecule has 0 bridgehead atoms. The molecular weight excluding hydrogens is 318 g/mol. The number of aryl methyl sites for hydroxylation is 1. The number of carbonyl (C=O) groups excluding carboxylic acids is 1. The molecule has 3 rings (SSSR count). The van der Waals surface area contributed by atoms with Crippen molar-refractivity contribution in [1.29, 1.82) is 0 Å². The summed E-state index contributed by atoms with van der Waals surface area (Å²) < 4.78 is 5.92. The van der Waals surface area contributed by atoms with Gasteiger partial charge in [-0.25, -0.2) is 0 Å². The van der Waals surface area contributed by atoms with Gasteiger partial charge in [-0.15, -0.1) is 11.3 Å². The minimum absolute atomic E-state index is 0.0653. The first-order valence-electron chi connectivity index (χ1n) is 8.56. The highest BCUT2D eigenvalue weighted by atomic mass is 32.1. The van der Waals surface area contributed by atoms with E-state index in [9.17, 15) is 4.79 Å². The molecule has 24 heavy (non-hydrogen) atoms. The van der Waals surface area contributed by atoms with Gasteiger partial charge in [-0.3, -0.25) is 4.79 Å². The second-order valence-corrected chi connectivity index (χ2v) is 7.80. The summed E-state index contributed by atoms with van der Waals surface area (Å²) in [7, 11) is 0. The van der Waals surface area contributed by atoms with Crippen LogP contribution in [0.5, 0.6) is 5.75 Å². The smallest absolute Gasteiger partial charge is 0.261 e. The lowest BCUT2D eigenvalue weighted by atomic mass is 10.0. The summed E-state index contributed by atoms with van der Waals surface area (Å²) in [5, 5.41) is 2.12. The van der Waals surface area contributed by atoms with Gasteiger partial charge in [0.1, 0.15) is 5.75 Å². The largest absolute Gasteiger partial charge is 0.483 e. The fraction of sp³-hybridized carbons (Fsp3) is 0.450. The van der Waals surface area contributed by atoms with Crippen molar-refractivity contribution < 1.29 is 9.53 Å². The molecule has 2 heterocycles. The van der Waals surface area contributed by atoms with Crippen LogP contribution in [0.25, 0.3) is 0 Å². The first-order chi connectivity index (χ1) is 11.5. The third-order valence-electron chi connectivity index (χ3n) is 4.74. The van der Waals surface area contributed by atoms with E-state index in [1.165, 1.54) is 10.4 Å². The van der Waals surface area contributed by atoms with E-state index >= 15 is 0 Å². The summed E-state index contributed by atoms with van der Waals surface area (Å²) in [6.07, 6.45) is 0.949. The number of rotatable bonds is 4. The molecule has 0 saturated heterocycles. The van der Waals surface area contributed by atoms with Crippen LogP contribution in [0.2, 0.25) is 0 Å². The van der Waals surface area contributed by atoms with Crippen LogP contribution in [0.15, 0.2) is 29.6 Å². The van der Waals surface area contributed by atoms with Crippen LogP contribution >= 0.6 is 11.3 Å². The lowest BCUT2D eigenvalue weighted by molar-refractivity contribution is -0.135. The Morgan fingerprint density at radius 2 is 2.17 bits per heavy atom. The molecule has 1 aromatic heterocycles. The molecule has 1 aromatic carbocycles. The molecule has 0 N–H and O–H groups in total. The number of amides is 1. The van der Waals surface area contributed by atoms with Crippen LogP contribution in [0.1, 0.15) is 54.3 Å². The zero-order valence-corrected chi connectivity index (χ0v) is 15.7. The Labute approximate surface area is 148 Å². The Kier molecular flexibility index (Phi) is 4.95. The van der Waals surface area contributed by atoms with Crippen LogP contribution in [-0.4, -0.2) is 24.0 Å². The SMILES string of the molecule is Cc1ccc(C(C)C)c(OCC(=O)N2CCc3sccc3[C@@H]2C)c1. The van der Waals surface area contributed by atoms with Crippen molar-refractivity contribution in [3.8, 4) is 5.75 Å². The van der Waals surface area contributed by atoms with Crippen LogP contribution in [0.4, 0.5) is 0 Å². The first-order valence-corrected chi connectivity index (χ1v) is 9.44. The Morgan fingerprint density at radius 3 is 2.92 bits per heavy atom. The van der Waals surface area contributed by atoms with Crippen molar-refractivity contribution in [2.45, 2.75) is 46.1 Å². The summed E-state index contributed by atoms with van der Waals surface area (Å²) in [6, 6.07) is 8.50. The Hall–Kier alpha value is -1.81.